The van der Waals surface area contributed by atoms with Crippen molar-refractivity contribution < 1.29 is 41.7 Å². The van der Waals surface area contributed by atoms with E-state index in [2.05, 4.69) is 4.74 Å². The quantitative estimate of drug-likeness (QED) is 0.277. The van der Waals surface area contributed by atoms with Gasteiger partial charge >= 0.3 is 12.6 Å². The standard InChI is InChI=1S/C26H20F5NO4/c1-26(2,12-36-25(30)31)23-21(13-3-5-14(6-4-13)24(34)35)22-19(9-15(27)10-20(22)33)32(23)16-7-8-17(28)18(29)11-16/h3-11,25,33H,12H2,1-2H3,(H,34,35). The fraction of sp³-hybridized carbons (Fsp3) is 0.192. The first-order chi connectivity index (χ1) is 16.9. The smallest absolute Gasteiger partial charge is 0.345 e. The Morgan fingerprint density at radius 3 is 2.25 bits per heavy atom. The van der Waals surface area contributed by atoms with Gasteiger partial charge in [0.2, 0.25) is 0 Å². The second kappa shape index (κ2) is 9.27. The number of aromatic hydroxyl groups is 1. The van der Waals surface area contributed by atoms with Gasteiger partial charge in [0.15, 0.2) is 11.6 Å². The molecule has 3 aromatic carbocycles. The first kappa shape index (κ1) is 25.2. The van der Waals surface area contributed by atoms with Gasteiger partial charge in [-0.05, 0) is 35.9 Å². The topological polar surface area (TPSA) is 71.7 Å². The van der Waals surface area contributed by atoms with E-state index < -0.39 is 47.8 Å². The number of nitrogens with zero attached hydrogens (tertiary/aromatic N) is 1. The van der Waals surface area contributed by atoms with E-state index in [0.717, 1.165) is 24.3 Å². The molecule has 188 valence electrons. The Morgan fingerprint density at radius 1 is 1.00 bits per heavy atom. The van der Waals surface area contributed by atoms with Crippen LogP contribution in [0.2, 0.25) is 0 Å². The van der Waals surface area contributed by atoms with Gasteiger partial charge in [0, 0.05) is 34.5 Å². The lowest BCUT2D eigenvalue weighted by atomic mass is 9.84. The van der Waals surface area contributed by atoms with Crippen molar-refractivity contribution in [3.8, 4) is 22.6 Å². The Morgan fingerprint density at radius 2 is 1.67 bits per heavy atom. The van der Waals surface area contributed by atoms with Crippen LogP contribution >= 0.6 is 0 Å². The van der Waals surface area contributed by atoms with Crippen LogP contribution in [0.15, 0.2) is 54.6 Å². The molecular weight excluding hydrogens is 485 g/mol. The molecule has 0 radical (unpaired) electrons. The number of aromatic nitrogens is 1. The highest BCUT2D eigenvalue weighted by Gasteiger charge is 2.34. The molecule has 0 saturated heterocycles. The van der Waals surface area contributed by atoms with Gasteiger partial charge < -0.3 is 19.5 Å². The maximum atomic E-state index is 14.5. The summed E-state index contributed by atoms with van der Waals surface area (Å²) < 4.78 is 74.4. The van der Waals surface area contributed by atoms with Crippen LogP contribution in [-0.2, 0) is 10.2 Å². The van der Waals surface area contributed by atoms with E-state index in [1.807, 2.05) is 0 Å². The van der Waals surface area contributed by atoms with Gasteiger partial charge in [-0.3, -0.25) is 0 Å². The van der Waals surface area contributed by atoms with Crippen molar-refractivity contribution >= 4 is 16.9 Å². The molecule has 2 N–H and O–H groups in total. The number of aromatic carboxylic acids is 1. The molecule has 0 saturated carbocycles. The van der Waals surface area contributed by atoms with Crippen LogP contribution < -0.4 is 0 Å². The number of rotatable bonds is 7. The lowest BCUT2D eigenvalue weighted by Crippen LogP contribution is -2.29. The third-order valence-corrected chi connectivity index (χ3v) is 5.81. The van der Waals surface area contributed by atoms with Crippen LogP contribution in [0.1, 0.15) is 29.9 Å². The van der Waals surface area contributed by atoms with E-state index in [1.54, 1.807) is 13.8 Å². The molecule has 0 atom stereocenters. The third kappa shape index (κ3) is 4.51. The van der Waals surface area contributed by atoms with Gasteiger partial charge in [-0.15, -0.1) is 0 Å². The van der Waals surface area contributed by atoms with Crippen LogP contribution in [0, 0.1) is 17.5 Å². The van der Waals surface area contributed by atoms with E-state index in [4.69, 9.17) is 0 Å². The molecular formula is C26H20F5NO4. The molecule has 0 fully saturated rings. The van der Waals surface area contributed by atoms with Gasteiger partial charge in [-0.1, -0.05) is 26.0 Å². The maximum Gasteiger partial charge on any atom is 0.345 e. The Bertz CT molecular complexity index is 1460. The highest BCUT2D eigenvalue weighted by Crippen LogP contribution is 2.46. The van der Waals surface area contributed by atoms with Crippen LogP contribution in [0.25, 0.3) is 27.7 Å². The zero-order valence-electron chi connectivity index (χ0n) is 19.0. The average Bonchev–Trinajstić information content (AvgIpc) is 3.16. The summed E-state index contributed by atoms with van der Waals surface area (Å²) in [5.74, 6) is -4.83. The molecule has 0 aliphatic heterocycles. The second-order valence-corrected chi connectivity index (χ2v) is 8.81. The normalized spacial score (nSPS) is 12.0. The second-order valence-electron chi connectivity index (χ2n) is 8.81. The number of carboxylic acid groups (broad SMARTS) is 1. The first-order valence-electron chi connectivity index (χ1n) is 10.7. The lowest BCUT2D eigenvalue weighted by molar-refractivity contribution is -0.139. The maximum absolute atomic E-state index is 14.5. The number of alkyl halides is 2. The molecule has 36 heavy (non-hydrogen) atoms. The molecule has 1 heterocycles. The summed E-state index contributed by atoms with van der Waals surface area (Å²) in [6.07, 6.45) is 0. The minimum Gasteiger partial charge on any atom is -0.507 e. The fourth-order valence-electron chi connectivity index (χ4n) is 4.30. The average molecular weight is 505 g/mol. The molecule has 4 rings (SSSR count). The number of fused-ring (bicyclic) bond motifs is 1. The predicted octanol–water partition coefficient (Wildman–Crippen LogP) is 6.64. The summed E-state index contributed by atoms with van der Waals surface area (Å²) in [6.45, 7) is -0.520. The van der Waals surface area contributed by atoms with Crippen LogP contribution in [0.3, 0.4) is 0 Å². The molecule has 5 nitrogen and oxygen atoms in total. The van der Waals surface area contributed by atoms with Crippen molar-refractivity contribution in [3.63, 3.8) is 0 Å². The minimum atomic E-state index is -3.10. The largest absolute Gasteiger partial charge is 0.507 e. The van der Waals surface area contributed by atoms with Crippen LogP contribution in [0.4, 0.5) is 22.0 Å². The zero-order valence-corrected chi connectivity index (χ0v) is 19.0. The molecule has 10 heteroatoms. The Hall–Kier alpha value is -3.92. The SMILES string of the molecule is CC(C)(COC(F)F)c1c(-c2ccc(C(=O)O)cc2)c2c(O)cc(F)cc2n1-c1ccc(F)c(F)c1. The van der Waals surface area contributed by atoms with Gasteiger partial charge in [-0.2, -0.15) is 8.78 Å². The molecule has 0 aliphatic rings. The number of carbonyl (C=O) groups is 1. The number of hydrogen-bond donors (Lipinski definition) is 2. The third-order valence-electron chi connectivity index (χ3n) is 5.81. The summed E-state index contributed by atoms with van der Waals surface area (Å²) in [5.41, 5.74) is -0.355. The van der Waals surface area contributed by atoms with Crippen LogP contribution in [0.5, 0.6) is 5.75 Å². The van der Waals surface area contributed by atoms with Crippen molar-refractivity contribution in [2.24, 2.45) is 0 Å². The van der Waals surface area contributed by atoms with E-state index >= 15 is 0 Å². The number of benzene rings is 3. The number of hydrogen-bond acceptors (Lipinski definition) is 3. The van der Waals surface area contributed by atoms with Crippen molar-refractivity contribution in [2.45, 2.75) is 25.9 Å². The van der Waals surface area contributed by atoms with Crippen molar-refractivity contribution in [1.82, 2.24) is 4.57 Å². The predicted molar refractivity (Wildman–Crippen MR) is 122 cm³/mol. The molecule has 1 aromatic heterocycles. The van der Waals surface area contributed by atoms with Gasteiger partial charge in [0.05, 0.1) is 23.1 Å². The Labute approximate surface area is 202 Å². The molecule has 0 unspecified atom stereocenters. The van der Waals surface area contributed by atoms with E-state index in [1.165, 1.54) is 34.9 Å². The summed E-state index contributed by atoms with van der Waals surface area (Å²) in [5, 5.41) is 20.1. The molecule has 0 aliphatic carbocycles. The monoisotopic (exact) mass is 505 g/mol. The van der Waals surface area contributed by atoms with E-state index in [-0.39, 0.29) is 33.4 Å². The summed E-state index contributed by atoms with van der Waals surface area (Å²) >= 11 is 0. The number of halogens is 5. The van der Waals surface area contributed by atoms with Crippen molar-refractivity contribution in [2.75, 3.05) is 6.61 Å². The van der Waals surface area contributed by atoms with Gasteiger partial charge in [-0.25, -0.2) is 18.0 Å². The highest BCUT2D eigenvalue weighted by molar-refractivity contribution is 6.04. The Kier molecular flexibility index (Phi) is 6.48. The van der Waals surface area contributed by atoms with Crippen molar-refractivity contribution in [1.29, 1.82) is 0 Å². The Balaban J connectivity index is 2.16. The molecule has 0 bridgehead atoms. The summed E-state index contributed by atoms with van der Waals surface area (Å²) in [4.78, 5) is 11.3. The number of ether oxygens (including phenoxy) is 1. The highest BCUT2D eigenvalue weighted by atomic mass is 19.3. The van der Waals surface area contributed by atoms with Crippen LogP contribution in [-0.4, -0.2) is 34.0 Å². The molecule has 0 spiro atoms. The number of phenols is 1. The van der Waals surface area contributed by atoms with Crippen molar-refractivity contribution in [3.05, 3.63) is 83.3 Å². The zero-order chi connectivity index (χ0) is 26.4. The summed E-state index contributed by atoms with van der Waals surface area (Å²) in [7, 11) is 0. The molecule has 4 aromatic rings. The number of phenolic OH excluding ortho intramolecular Hbond substituents is 1. The summed E-state index contributed by atoms with van der Waals surface area (Å²) in [6, 6.07) is 10.4. The fourth-order valence-corrected chi connectivity index (χ4v) is 4.30. The first-order valence-corrected chi connectivity index (χ1v) is 10.7. The van der Waals surface area contributed by atoms with Gasteiger partial charge in [0.1, 0.15) is 11.6 Å². The minimum absolute atomic E-state index is 0.0276. The number of carboxylic acids is 1. The van der Waals surface area contributed by atoms with Gasteiger partial charge in [0.25, 0.3) is 0 Å². The molecule has 0 amide bonds. The van der Waals surface area contributed by atoms with E-state index in [9.17, 15) is 37.0 Å². The van der Waals surface area contributed by atoms with E-state index in [0.29, 0.717) is 5.56 Å². The lowest BCUT2D eigenvalue weighted by Gasteiger charge is -2.28.